The summed E-state index contributed by atoms with van der Waals surface area (Å²) in [5, 5.41) is 0. The SMILES string of the molecule is O=C1c2cccn2[C@H]2CN(Cc3ccc(F)cc3)C[C@@H]2N1CC1CC1. The van der Waals surface area contributed by atoms with Crippen LogP contribution >= 0.6 is 0 Å². The highest BCUT2D eigenvalue weighted by molar-refractivity contribution is 5.94. The van der Waals surface area contributed by atoms with Crippen molar-refractivity contribution in [2.24, 2.45) is 5.92 Å². The topological polar surface area (TPSA) is 28.5 Å². The van der Waals surface area contributed by atoms with Gasteiger partial charge in [-0.05, 0) is 48.6 Å². The Balaban J connectivity index is 1.40. The molecule has 2 fully saturated rings. The summed E-state index contributed by atoms with van der Waals surface area (Å²) >= 11 is 0. The molecule has 0 unspecified atom stereocenters. The zero-order chi connectivity index (χ0) is 17.0. The van der Waals surface area contributed by atoms with E-state index in [4.69, 9.17) is 0 Å². The van der Waals surface area contributed by atoms with E-state index in [1.165, 1.54) is 25.0 Å². The Bertz CT molecular complexity index is 796. The third-order valence-electron chi connectivity index (χ3n) is 5.82. The molecule has 1 aromatic carbocycles. The van der Waals surface area contributed by atoms with Crippen molar-refractivity contribution in [3.05, 3.63) is 59.7 Å². The fourth-order valence-electron chi connectivity index (χ4n) is 4.36. The van der Waals surface area contributed by atoms with Gasteiger partial charge < -0.3 is 9.47 Å². The van der Waals surface area contributed by atoms with Gasteiger partial charge in [-0.3, -0.25) is 9.69 Å². The summed E-state index contributed by atoms with van der Waals surface area (Å²) < 4.78 is 15.3. The van der Waals surface area contributed by atoms with Crippen LogP contribution in [-0.4, -0.2) is 46.0 Å². The second-order valence-corrected chi connectivity index (χ2v) is 7.66. The molecule has 0 spiro atoms. The summed E-state index contributed by atoms with van der Waals surface area (Å²) in [4.78, 5) is 17.5. The number of benzene rings is 1. The highest BCUT2D eigenvalue weighted by Gasteiger charge is 2.46. The number of hydrogen-bond acceptors (Lipinski definition) is 2. The van der Waals surface area contributed by atoms with Crippen LogP contribution in [0.3, 0.4) is 0 Å². The van der Waals surface area contributed by atoms with Crippen LogP contribution < -0.4 is 0 Å². The minimum absolute atomic E-state index is 0.182. The van der Waals surface area contributed by atoms with Gasteiger partial charge in [0.05, 0.1) is 12.1 Å². The van der Waals surface area contributed by atoms with E-state index >= 15 is 0 Å². The van der Waals surface area contributed by atoms with Crippen molar-refractivity contribution in [1.29, 1.82) is 0 Å². The first kappa shape index (κ1) is 15.1. The van der Waals surface area contributed by atoms with Crippen LogP contribution in [0.1, 0.15) is 34.9 Å². The molecular weight excluding hydrogens is 317 g/mol. The number of rotatable bonds is 4. The first-order valence-corrected chi connectivity index (χ1v) is 9.13. The van der Waals surface area contributed by atoms with E-state index < -0.39 is 0 Å². The predicted octanol–water partition coefficient (Wildman–Crippen LogP) is 2.92. The molecule has 0 bridgehead atoms. The van der Waals surface area contributed by atoms with Crippen molar-refractivity contribution in [2.75, 3.05) is 19.6 Å². The molecule has 5 rings (SSSR count). The number of likely N-dealkylation sites (tertiary alicyclic amines) is 1. The minimum Gasteiger partial charge on any atom is -0.337 e. The minimum atomic E-state index is -0.197. The Kier molecular flexibility index (Phi) is 3.45. The lowest BCUT2D eigenvalue weighted by Crippen LogP contribution is -2.51. The smallest absolute Gasteiger partial charge is 0.270 e. The van der Waals surface area contributed by atoms with Crippen LogP contribution in [-0.2, 0) is 6.54 Å². The lowest BCUT2D eigenvalue weighted by Gasteiger charge is -2.38. The molecule has 2 aliphatic heterocycles. The maximum absolute atomic E-state index is 13.1. The van der Waals surface area contributed by atoms with Crippen molar-refractivity contribution >= 4 is 5.91 Å². The van der Waals surface area contributed by atoms with Crippen LogP contribution in [0.25, 0.3) is 0 Å². The number of fused-ring (bicyclic) bond motifs is 3. The molecule has 0 radical (unpaired) electrons. The molecule has 1 aliphatic carbocycles. The summed E-state index contributed by atoms with van der Waals surface area (Å²) in [6.45, 7) is 3.52. The monoisotopic (exact) mass is 339 g/mol. The third kappa shape index (κ3) is 2.67. The van der Waals surface area contributed by atoms with Crippen LogP contribution in [0.2, 0.25) is 0 Å². The highest BCUT2D eigenvalue weighted by Crippen LogP contribution is 2.38. The van der Waals surface area contributed by atoms with Gasteiger partial charge in [-0.1, -0.05) is 12.1 Å². The number of halogens is 1. The van der Waals surface area contributed by atoms with Crippen LogP contribution in [0.4, 0.5) is 4.39 Å². The van der Waals surface area contributed by atoms with Gasteiger partial charge in [0.25, 0.3) is 5.91 Å². The van der Waals surface area contributed by atoms with Crippen LogP contribution in [0, 0.1) is 11.7 Å². The number of carbonyl (C=O) groups excluding carboxylic acids is 1. The molecular formula is C20H22FN3O. The fraction of sp³-hybridized carbons (Fsp3) is 0.450. The largest absolute Gasteiger partial charge is 0.337 e. The van der Waals surface area contributed by atoms with Crippen molar-refractivity contribution in [1.82, 2.24) is 14.4 Å². The highest BCUT2D eigenvalue weighted by atomic mass is 19.1. The molecule has 25 heavy (non-hydrogen) atoms. The van der Waals surface area contributed by atoms with Gasteiger partial charge in [0.15, 0.2) is 0 Å². The molecule has 0 N–H and O–H groups in total. The van der Waals surface area contributed by atoms with E-state index in [0.29, 0.717) is 12.0 Å². The molecule has 3 aliphatic rings. The van der Waals surface area contributed by atoms with Gasteiger partial charge in [-0.15, -0.1) is 0 Å². The molecule has 1 saturated heterocycles. The van der Waals surface area contributed by atoms with Crippen molar-refractivity contribution in [2.45, 2.75) is 31.5 Å². The van der Waals surface area contributed by atoms with E-state index in [1.54, 1.807) is 0 Å². The van der Waals surface area contributed by atoms with Crippen molar-refractivity contribution in [3.63, 3.8) is 0 Å². The molecule has 1 aromatic heterocycles. The standard InChI is InChI=1S/C20H22FN3O/c21-16-7-5-14(6-8-16)10-22-12-18-19(13-22)24(11-15-3-4-15)20(25)17-2-1-9-23(17)18/h1-2,5-9,15,18-19H,3-4,10-13H2/t18-,19-/m0/s1. The molecule has 2 atom stereocenters. The number of carbonyl (C=O) groups is 1. The van der Waals surface area contributed by atoms with E-state index in [1.807, 2.05) is 30.5 Å². The summed E-state index contributed by atoms with van der Waals surface area (Å²) in [5.41, 5.74) is 1.94. The summed E-state index contributed by atoms with van der Waals surface area (Å²) in [6, 6.07) is 11.2. The molecule has 1 saturated carbocycles. The van der Waals surface area contributed by atoms with Gasteiger partial charge in [0, 0.05) is 32.4 Å². The second kappa shape index (κ2) is 5.70. The zero-order valence-corrected chi connectivity index (χ0v) is 14.1. The van der Waals surface area contributed by atoms with E-state index in [-0.39, 0.29) is 17.8 Å². The predicted molar refractivity (Wildman–Crippen MR) is 92.7 cm³/mol. The normalized spacial score (nSPS) is 26.0. The van der Waals surface area contributed by atoms with Gasteiger partial charge in [-0.25, -0.2) is 4.39 Å². The zero-order valence-electron chi connectivity index (χ0n) is 14.1. The van der Waals surface area contributed by atoms with Crippen LogP contribution in [0.15, 0.2) is 42.6 Å². The number of hydrogen-bond donors (Lipinski definition) is 0. The molecule has 3 heterocycles. The van der Waals surface area contributed by atoms with Gasteiger partial charge in [0.1, 0.15) is 11.5 Å². The molecule has 1 amide bonds. The lowest BCUT2D eigenvalue weighted by molar-refractivity contribution is 0.0565. The third-order valence-corrected chi connectivity index (χ3v) is 5.82. The second-order valence-electron chi connectivity index (χ2n) is 7.66. The molecule has 2 aromatic rings. The number of amides is 1. The molecule has 130 valence electrons. The quantitative estimate of drug-likeness (QED) is 0.857. The average Bonchev–Trinajstić information content (AvgIpc) is 3.12. The summed E-state index contributed by atoms with van der Waals surface area (Å²) in [5.74, 6) is 0.677. The Labute approximate surface area is 146 Å². The van der Waals surface area contributed by atoms with Crippen molar-refractivity contribution < 1.29 is 9.18 Å². The first-order chi connectivity index (χ1) is 12.2. The van der Waals surface area contributed by atoms with E-state index in [9.17, 15) is 9.18 Å². The van der Waals surface area contributed by atoms with Crippen LogP contribution in [0.5, 0.6) is 0 Å². The Morgan fingerprint density at radius 3 is 2.56 bits per heavy atom. The number of aromatic nitrogens is 1. The molecule has 4 nitrogen and oxygen atoms in total. The summed E-state index contributed by atoms with van der Waals surface area (Å²) in [7, 11) is 0. The fourth-order valence-corrected chi connectivity index (χ4v) is 4.36. The maximum atomic E-state index is 13.1. The van der Waals surface area contributed by atoms with Crippen molar-refractivity contribution in [3.8, 4) is 0 Å². The first-order valence-electron chi connectivity index (χ1n) is 9.13. The van der Waals surface area contributed by atoms with Gasteiger partial charge >= 0.3 is 0 Å². The summed E-state index contributed by atoms with van der Waals surface area (Å²) in [6.07, 6.45) is 4.55. The van der Waals surface area contributed by atoms with E-state index in [0.717, 1.165) is 37.4 Å². The Morgan fingerprint density at radius 1 is 1.04 bits per heavy atom. The van der Waals surface area contributed by atoms with Gasteiger partial charge in [0.2, 0.25) is 0 Å². The average molecular weight is 339 g/mol. The molecule has 5 heteroatoms. The Morgan fingerprint density at radius 2 is 1.80 bits per heavy atom. The van der Waals surface area contributed by atoms with Gasteiger partial charge in [-0.2, -0.15) is 0 Å². The van der Waals surface area contributed by atoms with E-state index in [2.05, 4.69) is 14.4 Å². The Hall–Kier alpha value is -2.14. The number of nitrogens with zero attached hydrogens (tertiary/aromatic N) is 3. The maximum Gasteiger partial charge on any atom is 0.270 e. The lowest BCUT2D eigenvalue weighted by atomic mass is 10.1.